The van der Waals surface area contributed by atoms with Crippen molar-refractivity contribution >= 4 is 10.8 Å². The first-order chi connectivity index (χ1) is 6.70. The minimum absolute atomic E-state index is 0.0690. The van der Waals surface area contributed by atoms with E-state index < -0.39 is 0 Å². The Morgan fingerprint density at radius 2 is 1.71 bits per heavy atom. The van der Waals surface area contributed by atoms with Crippen molar-refractivity contribution in [1.82, 2.24) is 0 Å². The lowest BCUT2D eigenvalue weighted by Gasteiger charge is -2.09. The summed E-state index contributed by atoms with van der Waals surface area (Å²) >= 11 is 0. The molecule has 1 atom stereocenters. The predicted octanol–water partition coefficient (Wildman–Crippen LogP) is 3.00. The second-order valence-corrected chi connectivity index (χ2v) is 3.47. The summed E-state index contributed by atoms with van der Waals surface area (Å²) in [5.74, 6) is -0.190. The highest BCUT2D eigenvalue weighted by Gasteiger charge is 2.06. The lowest BCUT2D eigenvalue weighted by atomic mass is 10.00. The maximum atomic E-state index is 13.4. The first kappa shape index (κ1) is 9.16. The summed E-state index contributed by atoms with van der Waals surface area (Å²) in [6, 6.07) is 10.6. The molecule has 0 spiro atoms. The van der Waals surface area contributed by atoms with E-state index in [1.807, 2.05) is 25.1 Å². The van der Waals surface area contributed by atoms with Gasteiger partial charge in [0, 0.05) is 11.4 Å². The summed E-state index contributed by atoms with van der Waals surface area (Å²) in [4.78, 5) is 0. The number of halogens is 1. The molecule has 0 aliphatic heterocycles. The Morgan fingerprint density at radius 1 is 1.07 bits per heavy atom. The Kier molecular flexibility index (Phi) is 2.22. The molecule has 0 aliphatic rings. The van der Waals surface area contributed by atoms with Crippen molar-refractivity contribution in [2.45, 2.75) is 13.0 Å². The third-order valence-corrected chi connectivity index (χ3v) is 2.39. The van der Waals surface area contributed by atoms with Crippen LogP contribution in [0.5, 0.6) is 0 Å². The third kappa shape index (κ3) is 1.38. The Balaban J connectivity index is 2.81. The highest BCUT2D eigenvalue weighted by molar-refractivity contribution is 5.86. The van der Waals surface area contributed by atoms with Gasteiger partial charge in [-0.1, -0.05) is 30.3 Å². The van der Waals surface area contributed by atoms with Crippen LogP contribution in [0.4, 0.5) is 4.39 Å². The summed E-state index contributed by atoms with van der Waals surface area (Å²) in [6.07, 6.45) is 0. The molecule has 0 aromatic heterocycles. The molecule has 0 heterocycles. The zero-order valence-corrected chi connectivity index (χ0v) is 8.00. The van der Waals surface area contributed by atoms with Gasteiger partial charge in [-0.05, 0) is 23.9 Å². The molecule has 2 rings (SSSR count). The summed E-state index contributed by atoms with van der Waals surface area (Å²) < 4.78 is 13.4. The smallest absolute Gasteiger partial charge is 0.131 e. The van der Waals surface area contributed by atoms with Gasteiger partial charge in [0.2, 0.25) is 0 Å². The average molecular weight is 189 g/mol. The van der Waals surface area contributed by atoms with Gasteiger partial charge in [0.25, 0.3) is 0 Å². The van der Waals surface area contributed by atoms with Crippen LogP contribution in [0.15, 0.2) is 36.4 Å². The van der Waals surface area contributed by atoms with Crippen molar-refractivity contribution < 1.29 is 4.39 Å². The highest BCUT2D eigenvalue weighted by atomic mass is 19.1. The van der Waals surface area contributed by atoms with Gasteiger partial charge in [0.05, 0.1) is 0 Å². The van der Waals surface area contributed by atoms with Gasteiger partial charge < -0.3 is 5.73 Å². The normalized spacial score (nSPS) is 13.1. The molecule has 2 N–H and O–H groups in total. The van der Waals surface area contributed by atoms with Crippen molar-refractivity contribution in [3.8, 4) is 0 Å². The second kappa shape index (κ2) is 3.39. The van der Waals surface area contributed by atoms with Crippen LogP contribution in [0.2, 0.25) is 0 Å². The summed E-state index contributed by atoms with van der Waals surface area (Å²) in [5, 5.41) is 1.55. The number of hydrogen-bond donors (Lipinski definition) is 1. The Bertz CT molecular complexity index is 463. The largest absolute Gasteiger partial charge is 0.324 e. The molecule has 0 saturated carbocycles. The molecule has 0 aliphatic carbocycles. The lowest BCUT2D eigenvalue weighted by Crippen LogP contribution is -2.05. The van der Waals surface area contributed by atoms with E-state index in [9.17, 15) is 4.39 Å². The van der Waals surface area contributed by atoms with E-state index in [4.69, 9.17) is 5.73 Å². The molecule has 2 heteroatoms. The maximum absolute atomic E-state index is 13.4. The highest BCUT2D eigenvalue weighted by Crippen LogP contribution is 2.24. The van der Waals surface area contributed by atoms with E-state index in [0.29, 0.717) is 5.39 Å². The van der Waals surface area contributed by atoms with Crippen LogP contribution in [0.3, 0.4) is 0 Å². The molecule has 0 radical (unpaired) electrons. The van der Waals surface area contributed by atoms with Crippen molar-refractivity contribution in [3.05, 3.63) is 47.8 Å². The quantitative estimate of drug-likeness (QED) is 0.733. The maximum Gasteiger partial charge on any atom is 0.131 e. The molecule has 1 unspecified atom stereocenters. The molecule has 0 amide bonds. The van der Waals surface area contributed by atoms with Crippen LogP contribution in [-0.2, 0) is 0 Å². The molecule has 2 aromatic carbocycles. The van der Waals surface area contributed by atoms with Crippen LogP contribution in [0.25, 0.3) is 10.8 Å². The van der Waals surface area contributed by atoms with Crippen LogP contribution >= 0.6 is 0 Å². The van der Waals surface area contributed by atoms with Gasteiger partial charge in [-0.2, -0.15) is 0 Å². The molecule has 0 saturated heterocycles. The number of benzene rings is 2. The SMILES string of the molecule is CC(N)c1cccc2c(F)cccc12. The first-order valence-electron chi connectivity index (χ1n) is 4.63. The van der Waals surface area contributed by atoms with E-state index in [-0.39, 0.29) is 11.9 Å². The van der Waals surface area contributed by atoms with Crippen LogP contribution in [-0.4, -0.2) is 0 Å². The van der Waals surface area contributed by atoms with Gasteiger partial charge in [-0.15, -0.1) is 0 Å². The zero-order valence-electron chi connectivity index (χ0n) is 8.00. The van der Waals surface area contributed by atoms with Crippen molar-refractivity contribution in [2.75, 3.05) is 0 Å². The van der Waals surface area contributed by atoms with Gasteiger partial charge in [-0.25, -0.2) is 4.39 Å². The Labute approximate surface area is 82.3 Å². The van der Waals surface area contributed by atoms with Gasteiger partial charge in [0.1, 0.15) is 5.82 Å². The minimum atomic E-state index is -0.190. The van der Waals surface area contributed by atoms with Gasteiger partial charge in [-0.3, -0.25) is 0 Å². The number of nitrogens with two attached hydrogens (primary N) is 1. The van der Waals surface area contributed by atoms with E-state index in [0.717, 1.165) is 10.9 Å². The van der Waals surface area contributed by atoms with E-state index in [2.05, 4.69) is 0 Å². The molecule has 1 nitrogen and oxygen atoms in total. The third-order valence-electron chi connectivity index (χ3n) is 2.39. The van der Waals surface area contributed by atoms with E-state index in [1.165, 1.54) is 6.07 Å². The molecular weight excluding hydrogens is 177 g/mol. The van der Waals surface area contributed by atoms with Crippen molar-refractivity contribution in [3.63, 3.8) is 0 Å². The molecule has 0 bridgehead atoms. The Morgan fingerprint density at radius 3 is 2.43 bits per heavy atom. The standard InChI is InChI=1S/C12H12FN/c1-8(14)9-4-2-6-11-10(9)5-3-7-12(11)13/h2-8H,14H2,1H3. The summed E-state index contributed by atoms with van der Waals surface area (Å²) in [5.41, 5.74) is 6.80. The fraction of sp³-hybridized carbons (Fsp3) is 0.167. The van der Waals surface area contributed by atoms with Gasteiger partial charge in [0.15, 0.2) is 0 Å². The molecule has 14 heavy (non-hydrogen) atoms. The summed E-state index contributed by atoms with van der Waals surface area (Å²) in [6.45, 7) is 1.90. The molecular formula is C12H12FN. The van der Waals surface area contributed by atoms with Crippen LogP contribution < -0.4 is 5.73 Å². The zero-order chi connectivity index (χ0) is 10.1. The monoisotopic (exact) mass is 189 g/mol. The second-order valence-electron chi connectivity index (χ2n) is 3.47. The number of rotatable bonds is 1. The predicted molar refractivity (Wildman–Crippen MR) is 56.5 cm³/mol. The number of fused-ring (bicyclic) bond motifs is 1. The van der Waals surface area contributed by atoms with Crippen LogP contribution in [0.1, 0.15) is 18.5 Å². The average Bonchev–Trinajstić information content (AvgIpc) is 2.17. The van der Waals surface area contributed by atoms with E-state index >= 15 is 0 Å². The minimum Gasteiger partial charge on any atom is -0.324 e. The topological polar surface area (TPSA) is 26.0 Å². The van der Waals surface area contributed by atoms with Crippen molar-refractivity contribution in [2.24, 2.45) is 5.73 Å². The molecule has 72 valence electrons. The van der Waals surface area contributed by atoms with Crippen LogP contribution in [0, 0.1) is 5.82 Å². The Hall–Kier alpha value is -1.41. The molecule has 0 fully saturated rings. The van der Waals surface area contributed by atoms with Crippen molar-refractivity contribution in [1.29, 1.82) is 0 Å². The lowest BCUT2D eigenvalue weighted by molar-refractivity contribution is 0.639. The first-order valence-corrected chi connectivity index (χ1v) is 4.63. The fourth-order valence-electron chi connectivity index (χ4n) is 1.69. The van der Waals surface area contributed by atoms with E-state index in [1.54, 1.807) is 12.1 Å². The number of hydrogen-bond acceptors (Lipinski definition) is 1. The molecule has 2 aromatic rings. The van der Waals surface area contributed by atoms with Gasteiger partial charge >= 0.3 is 0 Å². The fourth-order valence-corrected chi connectivity index (χ4v) is 1.69. The summed E-state index contributed by atoms with van der Waals surface area (Å²) in [7, 11) is 0.